The fourth-order valence-corrected chi connectivity index (χ4v) is 3.83. The van der Waals surface area contributed by atoms with Crippen molar-refractivity contribution in [1.82, 2.24) is 0 Å². The quantitative estimate of drug-likeness (QED) is 0.829. The molecular weight excluding hydrogens is 340 g/mol. The van der Waals surface area contributed by atoms with Crippen molar-refractivity contribution in [2.45, 2.75) is 51.0 Å². The smallest absolute Gasteiger partial charge is 0.265 e. The predicted octanol–water partition coefficient (Wildman–Crippen LogP) is 4.71. The van der Waals surface area contributed by atoms with Crippen LogP contribution < -0.4 is 15.4 Å². The molecule has 2 N–H and O–H groups in total. The number of hydrogen-bond donors (Lipinski definition) is 2. The van der Waals surface area contributed by atoms with Gasteiger partial charge in [-0.2, -0.15) is 0 Å². The molecule has 0 bridgehead atoms. The zero-order valence-electron chi connectivity index (χ0n) is 15.5. The first-order valence-electron chi connectivity index (χ1n) is 9.63. The number of rotatable bonds is 3. The molecule has 4 rings (SSSR count). The molecule has 2 aromatic rings. The number of carbonyl (C=O) groups excluding carboxylic acids is 2. The number of benzene rings is 2. The fraction of sp³-hybridized carbons (Fsp3) is 0.364. The van der Waals surface area contributed by atoms with Crippen molar-refractivity contribution in [1.29, 1.82) is 0 Å². The molecule has 140 valence electrons. The standard InChI is InChI=1S/C22H24N2O3/c1-14-21(25)24-19-13-18(11-12-20(19)27-14)23-22(26)17-9-7-16(8-10-17)15-5-3-2-4-6-15/h7-15H,2-6H2,1H3,(H,23,26)(H,24,25). The molecule has 5 nitrogen and oxygen atoms in total. The molecule has 0 saturated heterocycles. The Balaban J connectivity index is 1.44. The minimum Gasteiger partial charge on any atom is -0.479 e. The SMILES string of the molecule is CC1Oc2ccc(NC(=O)c3ccc(C4CCCCC4)cc3)cc2NC1=O. The molecule has 2 amide bonds. The van der Waals surface area contributed by atoms with Crippen molar-refractivity contribution < 1.29 is 14.3 Å². The largest absolute Gasteiger partial charge is 0.479 e. The highest BCUT2D eigenvalue weighted by Crippen LogP contribution is 2.33. The van der Waals surface area contributed by atoms with Gasteiger partial charge in [-0.25, -0.2) is 0 Å². The lowest BCUT2D eigenvalue weighted by Crippen LogP contribution is -2.34. The molecule has 1 fully saturated rings. The monoisotopic (exact) mass is 364 g/mol. The van der Waals surface area contributed by atoms with Crippen molar-refractivity contribution in [3.05, 3.63) is 53.6 Å². The van der Waals surface area contributed by atoms with Gasteiger partial charge >= 0.3 is 0 Å². The zero-order chi connectivity index (χ0) is 18.8. The molecule has 27 heavy (non-hydrogen) atoms. The van der Waals surface area contributed by atoms with Crippen LogP contribution in [0.4, 0.5) is 11.4 Å². The maximum Gasteiger partial charge on any atom is 0.265 e. The summed E-state index contributed by atoms with van der Waals surface area (Å²) < 4.78 is 5.53. The summed E-state index contributed by atoms with van der Waals surface area (Å²) in [5.41, 5.74) is 3.15. The number of amides is 2. The van der Waals surface area contributed by atoms with E-state index in [0.717, 1.165) is 0 Å². The molecule has 1 aliphatic carbocycles. The number of nitrogens with one attached hydrogen (secondary N) is 2. The van der Waals surface area contributed by atoms with Crippen LogP contribution in [0.3, 0.4) is 0 Å². The first kappa shape index (κ1) is 17.6. The summed E-state index contributed by atoms with van der Waals surface area (Å²) in [4.78, 5) is 24.3. The molecule has 1 atom stereocenters. The molecule has 0 spiro atoms. The highest BCUT2D eigenvalue weighted by atomic mass is 16.5. The summed E-state index contributed by atoms with van der Waals surface area (Å²) >= 11 is 0. The third-order valence-corrected chi connectivity index (χ3v) is 5.42. The number of fused-ring (bicyclic) bond motifs is 1. The maximum atomic E-state index is 12.6. The van der Waals surface area contributed by atoms with E-state index >= 15 is 0 Å². The Morgan fingerprint density at radius 2 is 1.81 bits per heavy atom. The van der Waals surface area contributed by atoms with Crippen LogP contribution in [0.15, 0.2) is 42.5 Å². The van der Waals surface area contributed by atoms with Gasteiger partial charge in [0.15, 0.2) is 6.10 Å². The zero-order valence-corrected chi connectivity index (χ0v) is 15.5. The van der Waals surface area contributed by atoms with Gasteiger partial charge in [-0.15, -0.1) is 0 Å². The normalized spacial score (nSPS) is 19.6. The van der Waals surface area contributed by atoms with E-state index in [9.17, 15) is 9.59 Å². The van der Waals surface area contributed by atoms with Gasteiger partial charge in [-0.05, 0) is 61.6 Å². The van der Waals surface area contributed by atoms with Crippen molar-refractivity contribution in [2.75, 3.05) is 10.6 Å². The van der Waals surface area contributed by atoms with Crippen LogP contribution >= 0.6 is 0 Å². The van der Waals surface area contributed by atoms with E-state index in [-0.39, 0.29) is 11.8 Å². The number of ether oxygens (including phenoxy) is 1. The van der Waals surface area contributed by atoms with E-state index in [1.807, 2.05) is 12.1 Å². The average Bonchev–Trinajstić information content (AvgIpc) is 2.70. The van der Waals surface area contributed by atoms with E-state index < -0.39 is 6.10 Å². The number of anilines is 2. The van der Waals surface area contributed by atoms with Gasteiger partial charge in [-0.3, -0.25) is 9.59 Å². The summed E-state index contributed by atoms with van der Waals surface area (Å²) in [5.74, 6) is 0.880. The van der Waals surface area contributed by atoms with Gasteiger partial charge in [0.05, 0.1) is 5.69 Å². The molecule has 2 aliphatic rings. The lowest BCUT2D eigenvalue weighted by atomic mass is 9.84. The molecule has 0 radical (unpaired) electrons. The predicted molar refractivity (Wildman–Crippen MR) is 105 cm³/mol. The van der Waals surface area contributed by atoms with Gasteiger partial charge in [0.1, 0.15) is 5.75 Å². The van der Waals surface area contributed by atoms with Gasteiger partial charge in [0.2, 0.25) is 0 Å². The Hall–Kier alpha value is -2.82. The summed E-state index contributed by atoms with van der Waals surface area (Å²) in [7, 11) is 0. The summed E-state index contributed by atoms with van der Waals surface area (Å²) in [6.45, 7) is 1.70. The number of hydrogen-bond acceptors (Lipinski definition) is 3. The van der Waals surface area contributed by atoms with Gasteiger partial charge < -0.3 is 15.4 Å². The Kier molecular flexibility index (Phi) is 4.84. The third-order valence-electron chi connectivity index (χ3n) is 5.42. The van der Waals surface area contributed by atoms with Crippen molar-refractivity contribution in [2.24, 2.45) is 0 Å². The lowest BCUT2D eigenvalue weighted by molar-refractivity contribution is -0.122. The van der Waals surface area contributed by atoms with Gasteiger partial charge in [-0.1, -0.05) is 31.4 Å². The summed E-state index contributed by atoms with van der Waals surface area (Å²) in [5, 5.41) is 5.68. The van der Waals surface area contributed by atoms with Crippen LogP contribution in [-0.4, -0.2) is 17.9 Å². The molecule has 1 saturated carbocycles. The second-order valence-electron chi connectivity index (χ2n) is 7.37. The Morgan fingerprint density at radius 3 is 2.56 bits per heavy atom. The molecule has 2 aromatic carbocycles. The molecule has 0 aromatic heterocycles. The van der Waals surface area contributed by atoms with Crippen LogP contribution in [0.1, 0.15) is 60.9 Å². The minimum absolute atomic E-state index is 0.165. The van der Waals surface area contributed by atoms with Crippen molar-refractivity contribution in [3.63, 3.8) is 0 Å². The Labute approximate surface area is 159 Å². The van der Waals surface area contributed by atoms with Crippen molar-refractivity contribution in [3.8, 4) is 5.75 Å². The first-order chi connectivity index (χ1) is 13.1. The third kappa shape index (κ3) is 3.82. The summed E-state index contributed by atoms with van der Waals surface area (Å²) in [6.07, 6.45) is 5.90. The van der Waals surface area contributed by atoms with Crippen LogP contribution in [-0.2, 0) is 4.79 Å². The fourth-order valence-electron chi connectivity index (χ4n) is 3.83. The van der Waals surface area contributed by atoms with E-state index in [1.165, 1.54) is 37.7 Å². The Morgan fingerprint density at radius 1 is 1.07 bits per heavy atom. The average molecular weight is 364 g/mol. The molecular formula is C22H24N2O3. The topological polar surface area (TPSA) is 67.4 Å². The number of carbonyl (C=O) groups is 2. The van der Waals surface area contributed by atoms with E-state index in [4.69, 9.17) is 4.74 Å². The highest BCUT2D eigenvalue weighted by Gasteiger charge is 2.23. The van der Waals surface area contributed by atoms with Crippen LogP contribution in [0.25, 0.3) is 0 Å². The van der Waals surface area contributed by atoms with E-state index in [0.29, 0.717) is 28.6 Å². The second-order valence-corrected chi connectivity index (χ2v) is 7.37. The first-order valence-corrected chi connectivity index (χ1v) is 9.63. The van der Waals surface area contributed by atoms with Crippen molar-refractivity contribution >= 4 is 23.2 Å². The summed E-state index contributed by atoms with van der Waals surface area (Å²) in [6, 6.07) is 13.2. The lowest BCUT2D eigenvalue weighted by Gasteiger charge is -2.23. The van der Waals surface area contributed by atoms with Gasteiger partial charge in [0.25, 0.3) is 11.8 Å². The van der Waals surface area contributed by atoms with Crippen LogP contribution in [0.5, 0.6) is 5.75 Å². The maximum absolute atomic E-state index is 12.6. The molecule has 1 heterocycles. The highest BCUT2D eigenvalue weighted by molar-refractivity contribution is 6.05. The van der Waals surface area contributed by atoms with Crippen LogP contribution in [0, 0.1) is 0 Å². The van der Waals surface area contributed by atoms with Gasteiger partial charge in [0, 0.05) is 11.3 Å². The molecule has 5 heteroatoms. The Bertz CT molecular complexity index is 854. The molecule has 1 aliphatic heterocycles. The van der Waals surface area contributed by atoms with E-state index in [1.54, 1.807) is 25.1 Å². The van der Waals surface area contributed by atoms with E-state index in [2.05, 4.69) is 22.8 Å². The second kappa shape index (κ2) is 7.43. The minimum atomic E-state index is -0.513. The molecule has 1 unspecified atom stereocenters. The van der Waals surface area contributed by atoms with Crippen LogP contribution in [0.2, 0.25) is 0 Å².